The molecule has 15 heavy (non-hydrogen) atoms. The van der Waals surface area contributed by atoms with Gasteiger partial charge in [-0.25, -0.2) is 19.2 Å². The summed E-state index contributed by atoms with van der Waals surface area (Å²) in [4.78, 5) is 8.28. The first kappa shape index (κ1) is 8.77. The normalized spacial score (nSPS) is 11.0. The van der Waals surface area contributed by atoms with E-state index >= 15 is 0 Å². The summed E-state index contributed by atoms with van der Waals surface area (Å²) in [7, 11) is 0. The van der Waals surface area contributed by atoms with Gasteiger partial charge in [-0.1, -0.05) is 0 Å². The molecule has 0 amide bonds. The second-order valence-electron chi connectivity index (χ2n) is 2.89. The highest BCUT2D eigenvalue weighted by Crippen LogP contribution is 2.12. The Balaban J connectivity index is 2.32. The number of hydrogen-bond acceptors (Lipinski definition) is 4. The van der Waals surface area contributed by atoms with Crippen LogP contribution in [0, 0.1) is 3.70 Å². The van der Waals surface area contributed by atoms with Crippen LogP contribution in [0.15, 0.2) is 31.1 Å². The van der Waals surface area contributed by atoms with E-state index in [4.69, 9.17) is 0 Å². The lowest BCUT2D eigenvalue weighted by molar-refractivity contribution is 0.882. The molecule has 3 aromatic rings. The number of rotatable bonds is 1. The van der Waals surface area contributed by atoms with E-state index in [1.807, 2.05) is 12.3 Å². The first-order valence-electron chi connectivity index (χ1n) is 4.19. The Morgan fingerprint density at radius 2 is 2.20 bits per heavy atom. The molecule has 0 N–H and O–H groups in total. The Bertz CT molecular complexity index is 599. The van der Waals surface area contributed by atoms with E-state index in [1.165, 1.54) is 6.33 Å². The Kier molecular flexibility index (Phi) is 1.91. The lowest BCUT2D eigenvalue weighted by Gasteiger charge is -1.97. The molecule has 6 nitrogen and oxygen atoms in total. The van der Waals surface area contributed by atoms with Gasteiger partial charge in [0.2, 0.25) is 0 Å². The second kappa shape index (κ2) is 3.26. The van der Waals surface area contributed by atoms with Gasteiger partial charge in [-0.15, -0.1) is 0 Å². The van der Waals surface area contributed by atoms with Gasteiger partial charge in [-0.3, -0.25) is 0 Å². The van der Waals surface area contributed by atoms with Crippen LogP contribution in [0.2, 0.25) is 0 Å². The highest BCUT2D eigenvalue weighted by Gasteiger charge is 2.07. The number of aromatic nitrogens is 6. The molecule has 0 atom stereocenters. The van der Waals surface area contributed by atoms with E-state index in [0.29, 0.717) is 0 Å². The molecule has 0 aliphatic heterocycles. The largest absolute Gasteiger partial charge is 0.223 e. The van der Waals surface area contributed by atoms with Gasteiger partial charge < -0.3 is 0 Å². The minimum Gasteiger partial charge on any atom is -0.223 e. The van der Waals surface area contributed by atoms with E-state index in [-0.39, 0.29) is 0 Å². The molecule has 0 saturated heterocycles. The molecule has 3 rings (SSSR count). The van der Waals surface area contributed by atoms with Gasteiger partial charge in [-0.2, -0.15) is 10.2 Å². The summed E-state index contributed by atoms with van der Waals surface area (Å²) in [6, 6.07) is 1.89. The first-order chi connectivity index (χ1) is 7.34. The van der Waals surface area contributed by atoms with Crippen LogP contribution in [-0.4, -0.2) is 29.4 Å². The molecule has 74 valence electrons. The van der Waals surface area contributed by atoms with Crippen LogP contribution in [0.25, 0.3) is 11.3 Å². The van der Waals surface area contributed by atoms with Gasteiger partial charge in [0.1, 0.15) is 22.0 Å². The van der Waals surface area contributed by atoms with E-state index in [9.17, 15) is 0 Å². The molecule has 3 heterocycles. The number of fused-ring (bicyclic) bond motifs is 1. The zero-order valence-electron chi connectivity index (χ0n) is 7.45. The molecule has 0 aliphatic carbocycles. The molecule has 0 bridgehead atoms. The summed E-state index contributed by atoms with van der Waals surface area (Å²) in [6.07, 6.45) is 6.69. The molecule has 0 spiro atoms. The van der Waals surface area contributed by atoms with Crippen molar-refractivity contribution in [3.63, 3.8) is 0 Å². The number of halogens is 1. The molecule has 3 aromatic heterocycles. The zero-order valence-corrected chi connectivity index (χ0v) is 9.61. The van der Waals surface area contributed by atoms with Crippen molar-refractivity contribution in [3.8, 4) is 5.69 Å². The Morgan fingerprint density at radius 3 is 3.00 bits per heavy atom. The van der Waals surface area contributed by atoms with Gasteiger partial charge in [0.05, 0.1) is 6.20 Å². The van der Waals surface area contributed by atoms with Crippen LogP contribution in [0.3, 0.4) is 0 Å². The fourth-order valence-corrected chi connectivity index (χ4v) is 1.72. The summed E-state index contributed by atoms with van der Waals surface area (Å²) in [5.41, 5.74) is 1.60. The maximum Gasteiger partial charge on any atom is 0.182 e. The Labute approximate surface area is 98.1 Å². The van der Waals surface area contributed by atoms with Gasteiger partial charge in [0.15, 0.2) is 5.65 Å². The van der Waals surface area contributed by atoms with Crippen molar-refractivity contribution in [1.29, 1.82) is 0 Å². The average Bonchev–Trinajstić information content (AvgIpc) is 2.83. The summed E-state index contributed by atoms with van der Waals surface area (Å²) in [6.45, 7) is 0. The quantitative estimate of drug-likeness (QED) is 0.495. The monoisotopic (exact) mass is 312 g/mol. The van der Waals surface area contributed by atoms with Crippen molar-refractivity contribution in [2.24, 2.45) is 0 Å². The summed E-state index contributed by atoms with van der Waals surface area (Å²) >= 11 is 2.16. The summed E-state index contributed by atoms with van der Waals surface area (Å²) < 4.78 is 4.27. The summed E-state index contributed by atoms with van der Waals surface area (Å²) in [5, 5.41) is 8.23. The minimum atomic E-state index is 0.771. The molecule has 0 unspecified atom stereocenters. The zero-order chi connectivity index (χ0) is 10.3. The SMILES string of the molecule is Ic1ccn2ncc(-n3cncn3)c2n1. The second-order valence-corrected chi connectivity index (χ2v) is 3.99. The van der Waals surface area contributed by atoms with Crippen LogP contribution in [0.1, 0.15) is 0 Å². The highest BCUT2D eigenvalue weighted by atomic mass is 127. The van der Waals surface area contributed by atoms with Crippen molar-refractivity contribution in [2.75, 3.05) is 0 Å². The lowest BCUT2D eigenvalue weighted by atomic mass is 10.5. The third-order valence-corrected chi connectivity index (χ3v) is 2.58. The topological polar surface area (TPSA) is 60.9 Å². The van der Waals surface area contributed by atoms with Crippen molar-refractivity contribution < 1.29 is 0 Å². The maximum atomic E-state index is 4.39. The van der Waals surface area contributed by atoms with Crippen LogP contribution in [0.4, 0.5) is 0 Å². The fraction of sp³-hybridized carbons (Fsp3) is 0. The molecule has 0 radical (unpaired) electrons. The fourth-order valence-electron chi connectivity index (χ4n) is 1.33. The van der Waals surface area contributed by atoms with Gasteiger partial charge in [-0.05, 0) is 28.7 Å². The van der Waals surface area contributed by atoms with Gasteiger partial charge in [0.25, 0.3) is 0 Å². The third kappa shape index (κ3) is 1.39. The smallest absolute Gasteiger partial charge is 0.182 e. The summed E-state index contributed by atoms with van der Waals surface area (Å²) in [5.74, 6) is 0. The maximum absolute atomic E-state index is 4.39. The lowest BCUT2D eigenvalue weighted by Crippen LogP contribution is -1.96. The van der Waals surface area contributed by atoms with E-state index in [1.54, 1.807) is 21.7 Å². The van der Waals surface area contributed by atoms with Gasteiger partial charge in [0, 0.05) is 6.20 Å². The Hall–Kier alpha value is -1.51. The van der Waals surface area contributed by atoms with Crippen molar-refractivity contribution in [1.82, 2.24) is 29.4 Å². The predicted octanol–water partition coefficient (Wildman–Crippen LogP) is 0.915. The average molecular weight is 312 g/mol. The molecule has 0 aliphatic rings. The highest BCUT2D eigenvalue weighted by molar-refractivity contribution is 14.1. The molecular weight excluding hydrogens is 307 g/mol. The van der Waals surface area contributed by atoms with Crippen molar-refractivity contribution >= 4 is 28.2 Å². The molecule has 0 fully saturated rings. The van der Waals surface area contributed by atoms with Crippen LogP contribution in [-0.2, 0) is 0 Å². The number of nitrogens with zero attached hydrogens (tertiary/aromatic N) is 6. The molecule has 7 heteroatoms. The Morgan fingerprint density at radius 1 is 1.27 bits per heavy atom. The first-order valence-corrected chi connectivity index (χ1v) is 5.27. The van der Waals surface area contributed by atoms with Crippen molar-refractivity contribution in [3.05, 3.63) is 34.8 Å². The van der Waals surface area contributed by atoms with Gasteiger partial charge >= 0.3 is 0 Å². The van der Waals surface area contributed by atoms with Crippen LogP contribution in [0.5, 0.6) is 0 Å². The number of hydrogen-bond donors (Lipinski definition) is 0. The minimum absolute atomic E-state index is 0.771. The predicted molar refractivity (Wildman–Crippen MR) is 60.6 cm³/mol. The van der Waals surface area contributed by atoms with Crippen LogP contribution >= 0.6 is 22.6 Å². The van der Waals surface area contributed by atoms with E-state index in [2.05, 4.69) is 42.8 Å². The molecule has 0 aromatic carbocycles. The van der Waals surface area contributed by atoms with E-state index in [0.717, 1.165) is 15.0 Å². The standard InChI is InChI=1S/C8H5IN6/c9-7-1-2-14-8(13-7)6(3-11-14)15-5-10-4-12-15/h1-5H. The third-order valence-electron chi connectivity index (χ3n) is 1.98. The molecule has 0 saturated carbocycles. The van der Waals surface area contributed by atoms with E-state index < -0.39 is 0 Å². The van der Waals surface area contributed by atoms with Crippen LogP contribution < -0.4 is 0 Å². The van der Waals surface area contributed by atoms with Crippen molar-refractivity contribution in [2.45, 2.75) is 0 Å². The molecular formula is C8H5IN6.